The molecule has 0 aromatic heterocycles. The van der Waals surface area contributed by atoms with Crippen molar-refractivity contribution >= 4 is 23.2 Å². The molecule has 0 spiro atoms. The highest BCUT2D eigenvalue weighted by molar-refractivity contribution is 6.34. The second-order valence-corrected chi connectivity index (χ2v) is 7.23. The molecule has 1 fully saturated rings. The predicted molar refractivity (Wildman–Crippen MR) is 101 cm³/mol. The van der Waals surface area contributed by atoms with Gasteiger partial charge in [-0.2, -0.15) is 0 Å². The fraction of sp³-hybridized carbons (Fsp3) is 0.611. The lowest BCUT2D eigenvalue weighted by atomic mass is 9.94. The van der Waals surface area contributed by atoms with E-state index in [1.807, 2.05) is 0 Å². The van der Waals surface area contributed by atoms with Crippen LogP contribution in [0.3, 0.4) is 0 Å². The summed E-state index contributed by atoms with van der Waals surface area (Å²) in [5.41, 5.74) is 6.39. The van der Waals surface area contributed by atoms with E-state index in [-0.39, 0.29) is 34.9 Å². The number of carbonyl (C=O) groups is 1. The van der Waals surface area contributed by atoms with Crippen molar-refractivity contribution in [3.63, 3.8) is 0 Å². The van der Waals surface area contributed by atoms with E-state index in [1.165, 1.54) is 6.07 Å². The second-order valence-electron chi connectivity index (χ2n) is 6.82. The Hall–Kier alpha value is -1.74. The van der Waals surface area contributed by atoms with Gasteiger partial charge in [0.25, 0.3) is 5.91 Å². The van der Waals surface area contributed by atoms with Crippen molar-refractivity contribution in [2.75, 3.05) is 45.5 Å². The number of aliphatic hydroxyl groups excluding tert-OH is 1. The monoisotopic (exact) mass is 399 g/mol. The highest BCUT2D eigenvalue weighted by Crippen LogP contribution is 2.44. The number of β-amino-alcohol motifs (C(OH)–C–C–N with tert-alkyl or cyclic N) is 1. The number of hydrogen-bond acceptors (Lipinski definition) is 7. The predicted octanol–water partition coefficient (Wildman–Crippen LogP) is 1.45. The zero-order valence-electron chi connectivity index (χ0n) is 15.4. The van der Waals surface area contributed by atoms with Gasteiger partial charge in [-0.3, -0.25) is 9.69 Å². The van der Waals surface area contributed by atoms with E-state index in [0.717, 1.165) is 19.4 Å². The van der Waals surface area contributed by atoms with Crippen LogP contribution in [0.2, 0.25) is 5.02 Å². The van der Waals surface area contributed by atoms with Crippen molar-refractivity contribution in [2.45, 2.75) is 25.9 Å². The van der Waals surface area contributed by atoms with Crippen LogP contribution in [0.4, 0.5) is 5.69 Å². The summed E-state index contributed by atoms with van der Waals surface area (Å²) in [6, 6.07) is 1.48. The minimum atomic E-state index is -0.524. The quantitative estimate of drug-likeness (QED) is 0.470. The fourth-order valence-electron chi connectivity index (χ4n) is 3.28. The van der Waals surface area contributed by atoms with Crippen molar-refractivity contribution in [2.24, 2.45) is 5.92 Å². The van der Waals surface area contributed by atoms with Gasteiger partial charge in [-0.15, -0.1) is 0 Å². The van der Waals surface area contributed by atoms with Crippen LogP contribution in [0.5, 0.6) is 11.5 Å². The molecular weight excluding hydrogens is 374 g/mol. The average Bonchev–Trinajstić information content (AvgIpc) is 3.14. The van der Waals surface area contributed by atoms with E-state index in [4.69, 9.17) is 31.5 Å². The summed E-state index contributed by atoms with van der Waals surface area (Å²) in [4.78, 5) is 14.7. The van der Waals surface area contributed by atoms with Gasteiger partial charge in [-0.05, 0) is 18.9 Å². The Bertz CT molecular complexity index is 687. The molecule has 0 bridgehead atoms. The third-order valence-electron chi connectivity index (χ3n) is 4.83. The molecule has 0 saturated carbocycles. The second kappa shape index (κ2) is 8.97. The summed E-state index contributed by atoms with van der Waals surface area (Å²) >= 11 is 6.08. The largest absolute Gasteiger partial charge is 0.453 e. The fourth-order valence-corrected chi connectivity index (χ4v) is 3.48. The van der Waals surface area contributed by atoms with E-state index < -0.39 is 6.10 Å². The Morgan fingerprint density at radius 2 is 2.26 bits per heavy atom. The molecule has 27 heavy (non-hydrogen) atoms. The lowest BCUT2D eigenvalue weighted by Crippen LogP contribution is -2.48. The maximum absolute atomic E-state index is 12.6. The molecular formula is C18H26ClN3O5. The molecule has 9 heteroatoms. The number of benzene rings is 1. The normalized spacial score (nSPS) is 22.0. The van der Waals surface area contributed by atoms with Crippen LogP contribution in [0.15, 0.2) is 6.07 Å². The number of piperidine rings is 1. The number of nitrogens with one attached hydrogen (secondary N) is 1. The van der Waals surface area contributed by atoms with Crippen LogP contribution in [-0.2, 0) is 4.74 Å². The minimum Gasteiger partial charge on any atom is -0.453 e. The third-order valence-corrected chi connectivity index (χ3v) is 5.14. The van der Waals surface area contributed by atoms with Gasteiger partial charge in [0.15, 0.2) is 11.5 Å². The van der Waals surface area contributed by atoms with Gasteiger partial charge in [-0.25, -0.2) is 0 Å². The van der Waals surface area contributed by atoms with E-state index in [0.29, 0.717) is 37.9 Å². The zero-order valence-corrected chi connectivity index (χ0v) is 16.1. The summed E-state index contributed by atoms with van der Waals surface area (Å²) in [6.07, 6.45) is 1.22. The number of ether oxygens (including phenoxy) is 3. The topological polar surface area (TPSA) is 106 Å². The first-order valence-corrected chi connectivity index (χ1v) is 9.53. The van der Waals surface area contributed by atoms with Crippen molar-refractivity contribution < 1.29 is 24.1 Å². The van der Waals surface area contributed by atoms with E-state index >= 15 is 0 Å². The maximum atomic E-state index is 12.6. The van der Waals surface area contributed by atoms with Gasteiger partial charge < -0.3 is 30.4 Å². The molecule has 2 atom stereocenters. The van der Waals surface area contributed by atoms with Crippen molar-refractivity contribution in [1.82, 2.24) is 10.2 Å². The molecule has 150 valence electrons. The Morgan fingerprint density at radius 1 is 1.48 bits per heavy atom. The van der Waals surface area contributed by atoms with Gasteiger partial charge in [0, 0.05) is 32.2 Å². The molecule has 1 saturated heterocycles. The van der Waals surface area contributed by atoms with Crippen LogP contribution in [0.25, 0.3) is 0 Å². The highest BCUT2D eigenvalue weighted by atomic mass is 35.5. The molecule has 2 unspecified atom stereocenters. The lowest BCUT2D eigenvalue weighted by Gasteiger charge is -2.35. The first-order valence-electron chi connectivity index (χ1n) is 9.15. The lowest BCUT2D eigenvalue weighted by molar-refractivity contribution is -0.0383. The zero-order chi connectivity index (χ0) is 19.4. The molecule has 8 nitrogen and oxygen atoms in total. The van der Waals surface area contributed by atoms with Gasteiger partial charge >= 0.3 is 0 Å². The number of nitrogens with two attached hydrogens (primary N) is 1. The average molecular weight is 400 g/mol. The number of rotatable bonds is 7. The molecule has 1 amide bonds. The Balaban J connectivity index is 1.55. The van der Waals surface area contributed by atoms with E-state index in [1.54, 1.807) is 0 Å². The maximum Gasteiger partial charge on any atom is 0.255 e. The number of amides is 1. The van der Waals surface area contributed by atoms with Crippen molar-refractivity contribution in [3.05, 3.63) is 16.7 Å². The molecule has 2 heterocycles. The standard InChI is InChI=1S/C18H26ClN3O5/c1-2-5-25-9-22-4-3-11(14(23)8-22)7-21-18(24)12-6-13(19)15(20)17-16(12)26-10-27-17/h6,11,14,23H,2-5,7-10,20H2,1H3,(H,21,24). The number of aliphatic hydroxyl groups is 1. The van der Waals surface area contributed by atoms with Crippen molar-refractivity contribution in [3.8, 4) is 11.5 Å². The number of nitrogen functional groups attached to an aromatic ring is 1. The first kappa shape index (κ1) is 20.0. The van der Waals surface area contributed by atoms with Crippen molar-refractivity contribution in [1.29, 1.82) is 0 Å². The number of fused-ring (bicyclic) bond motifs is 1. The first-order chi connectivity index (χ1) is 13.0. The number of anilines is 1. The summed E-state index contributed by atoms with van der Waals surface area (Å²) < 4.78 is 16.2. The Labute approximate surface area is 163 Å². The molecule has 2 aliphatic rings. The molecule has 4 N–H and O–H groups in total. The van der Waals surface area contributed by atoms with E-state index in [9.17, 15) is 9.90 Å². The van der Waals surface area contributed by atoms with Crippen LogP contribution < -0.4 is 20.5 Å². The molecule has 0 radical (unpaired) electrons. The molecule has 1 aromatic carbocycles. The number of halogens is 1. The summed E-state index contributed by atoms with van der Waals surface area (Å²) in [6.45, 7) is 5.01. The summed E-state index contributed by atoms with van der Waals surface area (Å²) in [5, 5.41) is 13.5. The van der Waals surface area contributed by atoms with Gasteiger partial charge in [-0.1, -0.05) is 18.5 Å². The van der Waals surface area contributed by atoms with Crippen LogP contribution in [0.1, 0.15) is 30.1 Å². The molecule has 1 aromatic rings. The number of nitrogens with zero attached hydrogens (tertiary/aromatic N) is 1. The number of likely N-dealkylation sites (tertiary alicyclic amines) is 1. The van der Waals surface area contributed by atoms with Crippen LogP contribution in [0, 0.1) is 5.92 Å². The Morgan fingerprint density at radius 3 is 3.00 bits per heavy atom. The Kier molecular flexibility index (Phi) is 6.64. The molecule has 3 rings (SSSR count). The van der Waals surface area contributed by atoms with Crippen LogP contribution >= 0.6 is 11.6 Å². The van der Waals surface area contributed by atoms with Crippen LogP contribution in [-0.4, -0.2) is 61.8 Å². The smallest absolute Gasteiger partial charge is 0.255 e. The third kappa shape index (κ3) is 4.57. The number of carbonyl (C=O) groups excluding carboxylic acids is 1. The number of hydrogen-bond donors (Lipinski definition) is 3. The van der Waals surface area contributed by atoms with Gasteiger partial charge in [0.1, 0.15) is 0 Å². The highest BCUT2D eigenvalue weighted by Gasteiger charge is 2.30. The SMILES string of the molecule is CCCOCN1CCC(CNC(=O)c2cc(Cl)c(N)c3c2OCO3)C(O)C1. The summed E-state index contributed by atoms with van der Waals surface area (Å²) in [7, 11) is 0. The molecule has 2 aliphatic heterocycles. The summed E-state index contributed by atoms with van der Waals surface area (Å²) in [5.74, 6) is 0.247. The van der Waals surface area contributed by atoms with E-state index in [2.05, 4.69) is 17.1 Å². The van der Waals surface area contributed by atoms with Gasteiger partial charge in [0.05, 0.1) is 29.1 Å². The molecule has 0 aliphatic carbocycles. The van der Waals surface area contributed by atoms with Gasteiger partial charge in [0.2, 0.25) is 6.79 Å². The minimum absolute atomic E-state index is 0.00255.